The molecular weight excluding hydrogens is 472 g/mol. The van der Waals surface area contributed by atoms with E-state index in [0.717, 1.165) is 18.4 Å². The van der Waals surface area contributed by atoms with Gasteiger partial charge < -0.3 is 4.74 Å². The van der Waals surface area contributed by atoms with Gasteiger partial charge in [0, 0.05) is 17.0 Å². The van der Waals surface area contributed by atoms with Crippen LogP contribution in [0.3, 0.4) is 0 Å². The number of hydrogen-bond acceptors (Lipinski definition) is 5. The minimum atomic E-state index is -4.24. The van der Waals surface area contributed by atoms with Crippen LogP contribution < -0.4 is 9.46 Å². The molecule has 1 fully saturated rings. The predicted molar refractivity (Wildman–Crippen MR) is 111 cm³/mol. The molecule has 1 aliphatic heterocycles. The van der Waals surface area contributed by atoms with Gasteiger partial charge >= 0.3 is 0 Å². The molecule has 1 heterocycles. The van der Waals surface area contributed by atoms with E-state index in [1.807, 2.05) is 0 Å². The lowest BCUT2D eigenvalue weighted by molar-refractivity contribution is 0.113. The molecule has 0 radical (unpaired) electrons. The van der Waals surface area contributed by atoms with Gasteiger partial charge in [-0.15, -0.1) is 0 Å². The fourth-order valence-corrected chi connectivity index (χ4v) is 8.06. The van der Waals surface area contributed by atoms with Gasteiger partial charge in [-0.1, -0.05) is 11.6 Å². The lowest BCUT2D eigenvalue weighted by Gasteiger charge is -2.49. The largest absolute Gasteiger partial charge is 0.490 e. The van der Waals surface area contributed by atoms with Gasteiger partial charge in [0.1, 0.15) is 10.6 Å². The van der Waals surface area contributed by atoms with Gasteiger partial charge in [-0.05, 0) is 55.7 Å². The van der Waals surface area contributed by atoms with Gasteiger partial charge in [-0.25, -0.2) is 30.3 Å². The summed E-state index contributed by atoms with van der Waals surface area (Å²) in [5.41, 5.74) is -0.337. The van der Waals surface area contributed by atoms with Crippen molar-refractivity contribution in [3.63, 3.8) is 0 Å². The van der Waals surface area contributed by atoms with Crippen molar-refractivity contribution >= 4 is 31.5 Å². The molecule has 1 aliphatic carbocycles. The van der Waals surface area contributed by atoms with Crippen molar-refractivity contribution in [3.8, 4) is 5.75 Å². The molecule has 0 saturated heterocycles. The second-order valence-electron chi connectivity index (χ2n) is 7.95. The summed E-state index contributed by atoms with van der Waals surface area (Å²) in [6.45, 7) is -0.192. The maximum atomic E-state index is 15.1. The van der Waals surface area contributed by atoms with Crippen LogP contribution in [-0.4, -0.2) is 35.7 Å². The number of halogens is 3. The van der Waals surface area contributed by atoms with Gasteiger partial charge in [0.2, 0.25) is 10.0 Å². The number of benzene rings is 2. The van der Waals surface area contributed by atoms with Crippen LogP contribution in [0.25, 0.3) is 0 Å². The first-order chi connectivity index (χ1) is 14.5. The van der Waals surface area contributed by atoms with E-state index in [9.17, 15) is 21.2 Å². The van der Waals surface area contributed by atoms with Crippen molar-refractivity contribution in [2.75, 3.05) is 12.9 Å². The number of hydrogen-bond donors (Lipinski definition) is 1. The Morgan fingerprint density at radius 2 is 1.71 bits per heavy atom. The molecule has 0 spiro atoms. The molecule has 1 saturated carbocycles. The van der Waals surface area contributed by atoms with Crippen LogP contribution in [0.5, 0.6) is 5.75 Å². The third-order valence-electron chi connectivity index (χ3n) is 5.99. The number of ether oxygens (including phenoxy) is 1. The standard InChI is InChI=1S/C20H20ClF2NO5S2/c1-30(25,26)24-14-8-9-20(31(27,28)15-4-2-13(21)3-5-15)12(10-14)11-29-19-17(23)7-6-16(22)18(19)20/h2-7,12,14,24H,8-11H2,1H3/t12-,14-,20+/m1/s1. The maximum Gasteiger partial charge on any atom is 0.208 e. The van der Waals surface area contributed by atoms with E-state index in [1.54, 1.807) is 0 Å². The Labute approximate surface area is 184 Å². The zero-order valence-corrected chi connectivity index (χ0v) is 18.8. The maximum absolute atomic E-state index is 15.1. The highest BCUT2D eigenvalue weighted by Crippen LogP contribution is 2.56. The number of rotatable bonds is 4. The van der Waals surface area contributed by atoms with Gasteiger partial charge in [0.15, 0.2) is 21.4 Å². The minimum absolute atomic E-state index is 0.0760. The third kappa shape index (κ3) is 3.73. The Balaban J connectivity index is 1.92. The molecule has 11 heteroatoms. The summed E-state index contributed by atoms with van der Waals surface area (Å²) in [5.74, 6) is -2.95. The van der Waals surface area contributed by atoms with Crippen molar-refractivity contribution in [2.24, 2.45) is 5.92 Å². The van der Waals surface area contributed by atoms with Crippen LogP contribution in [0.2, 0.25) is 5.02 Å². The topological polar surface area (TPSA) is 89.5 Å². The van der Waals surface area contributed by atoms with Crippen LogP contribution in [0.15, 0.2) is 41.3 Å². The van der Waals surface area contributed by atoms with Gasteiger partial charge in [-0.2, -0.15) is 0 Å². The van der Waals surface area contributed by atoms with E-state index < -0.39 is 54.0 Å². The summed E-state index contributed by atoms with van der Waals surface area (Å²) < 4.78 is 87.1. The number of fused-ring (bicyclic) bond motifs is 3. The van der Waals surface area contributed by atoms with Crippen molar-refractivity contribution in [1.29, 1.82) is 0 Å². The van der Waals surface area contributed by atoms with Crippen molar-refractivity contribution in [1.82, 2.24) is 4.72 Å². The summed E-state index contributed by atoms with van der Waals surface area (Å²) >= 11 is 5.90. The van der Waals surface area contributed by atoms with Gasteiger partial charge in [0.05, 0.1) is 23.3 Å². The smallest absolute Gasteiger partial charge is 0.208 e. The molecule has 4 rings (SSSR count). The number of nitrogens with one attached hydrogen (secondary N) is 1. The monoisotopic (exact) mass is 491 g/mol. The molecule has 0 unspecified atom stereocenters. The summed E-state index contributed by atoms with van der Waals surface area (Å²) in [5, 5.41) is 0.332. The van der Waals surface area contributed by atoms with E-state index in [-0.39, 0.29) is 36.3 Å². The molecule has 0 bridgehead atoms. The van der Waals surface area contributed by atoms with Crippen LogP contribution in [0, 0.1) is 17.6 Å². The molecular formula is C20H20ClF2NO5S2. The van der Waals surface area contributed by atoms with Crippen LogP contribution >= 0.6 is 11.6 Å². The molecule has 2 aromatic carbocycles. The molecule has 2 aromatic rings. The first-order valence-corrected chi connectivity index (χ1v) is 13.3. The Hall–Kier alpha value is -1.75. The quantitative estimate of drug-likeness (QED) is 0.708. The molecule has 0 amide bonds. The van der Waals surface area contributed by atoms with Crippen LogP contribution in [0.1, 0.15) is 24.8 Å². The van der Waals surface area contributed by atoms with Gasteiger partial charge in [0.25, 0.3) is 0 Å². The Morgan fingerprint density at radius 1 is 1.06 bits per heavy atom. The molecule has 6 nitrogen and oxygen atoms in total. The summed E-state index contributed by atoms with van der Waals surface area (Å²) in [4.78, 5) is -0.0760. The Morgan fingerprint density at radius 3 is 2.35 bits per heavy atom. The highest BCUT2D eigenvalue weighted by Gasteiger charge is 2.59. The molecule has 0 aromatic heterocycles. The number of sulfonamides is 1. The summed E-state index contributed by atoms with van der Waals surface area (Å²) in [7, 11) is -7.78. The van der Waals surface area contributed by atoms with Crippen LogP contribution in [-0.2, 0) is 24.6 Å². The highest BCUT2D eigenvalue weighted by atomic mass is 35.5. The average molecular weight is 492 g/mol. The van der Waals surface area contributed by atoms with E-state index in [0.29, 0.717) is 5.02 Å². The van der Waals surface area contributed by atoms with Crippen molar-refractivity contribution in [3.05, 3.63) is 58.6 Å². The first-order valence-electron chi connectivity index (χ1n) is 9.54. The van der Waals surface area contributed by atoms with Crippen molar-refractivity contribution in [2.45, 2.75) is 34.9 Å². The fraction of sp³-hybridized carbons (Fsp3) is 0.400. The summed E-state index contributed by atoms with van der Waals surface area (Å²) in [6.07, 6.45) is 1.13. The van der Waals surface area contributed by atoms with Crippen molar-refractivity contribution < 1.29 is 30.4 Å². The van der Waals surface area contributed by atoms with E-state index in [2.05, 4.69) is 4.72 Å². The lowest BCUT2D eigenvalue weighted by Crippen LogP contribution is -2.55. The molecule has 1 N–H and O–H groups in total. The molecule has 168 valence electrons. The minimum Gasteiger partial charge on any atom is -0.490 e. The Kier molecular flexibility index (Phi) is 5.56. The van der Waals surface area contributed by atoms with Gasteiger partial charge in [-0.3, -0.25) is 0 Å². The SMILES string of the molecule is CS(=O)(=O)N[C@@H]1CC[C@@]2(S(=O)(=O)c3ccc(Cl)cc3)c3c(F)ccc(F)c3OC[C@H]2C1. The second-order valence-corrected chi connectivity index (χ2v) is 12.4. The Bertz CT molecular complexity index is 1230. The highest BCUT2D eigenvalue weighted by molar-refractivity contribution is 7.92. The number of sulfone groups is 1. The first kappa shape index (κ1) is 22.4. The molecule has 3 atom stereocenters. The fourth-order valence-electron chi connectivity index (χ4n) is 4.75. The normalized spacial score (nSPS) is 25.9. The van der Waals surface area contributed by atoms with Crippen LogP contribution in [0.4, 0.5) is 8.78 Å². The average Bonchev–Trinajstić information content (AvgIpc) is 2.69. The predicted octanol–water partition coefficient (Wildman–Crippen LogP) is 3.40. The zero-order valence-electron chi connectivity index (χ0n) is 16.4. The molecule has 2 aliphatic rings. The summed E-state index contributed by atoms with van der Waals surface area (Å²) in [6, 6.07) is 6.73. The third-order valence-corrected chi connectivity index (χ3v) is 9.59. The van der Waals surface area contributed by atoms with E-state index in [4.69, 9.17) is 16.3 Å². The van der Waals surface area contributed by atoms with E-state index >= 15 is 4.39 Å². The molecule has 31 heavy (non-hydrogen) atoms. The lowest BCUT2D eigenvalue weighted by atomic mass is 9.71. The zero-order chi connectivity index (χ0) is 22.6. The van der Waals surface area contributed by atoms with E-state index in [1.165, 1.54) is 24.3 Å². The second kappa shape index (κ2) is 7.68.